The fourth-order valence-corrected chi connectivity index (χ4v) is 2.79. The van der Waals surface area contributed by atoms with Crippen molar-refractivity contribution in [3.05, 3.63) is 42.1 Å². The summed E-state index contributed by atoms with van der Waals surface area (Å²) in [6, 6.07) is 8.13. The predicted molar refractivity (Wildman–Crippen MR) is 88.3 cm³/mol. The number of carbonyl (C=O) groups is 1. The van der Waals surface area contributed by atoms with Gasteiger partial charge in [-0.05, 0) is 30.9 Å². The van der Waals surface area contributed by atoms with Crippen LogP contribution >= 0.6 is 0 Å². The summed E-state index contributed by atoms with van der Waals surface area (Å²) in [6.07, 6.45) is 7.23. The van der Waals surface area contributed by atoms with Gasteiger partial charge in [-0.1, -0.05) is 18.2 Å². The molecule has 22 heavy (non-hydrogen) atoms. The molecule has 1 atom stereocenters. The van der Waals surface area contributed by atoms with Gasteiger partial charge in [0, 0.05) is 49.4 Å². The quantitative estimate of drug-likeness (QED) is 0.862. The van der Waals surface area contributed by atoms with E-state index in [1.807, 2.05) is 31.5 Å². The zero-order chi connectivity index (χ0) is 15.7. The molecule has 1 amide bonds. The first kappa shape index (κ1) is 14.9. The molecule has 0 aliphatic heterocycles. The highest BCUT2D eigenvalue weighted by atomic mass is 16.3. The van der Waals surface area contributed by atoms with Gasteiger partial charge in [-0.3, -0.25) is 4.79 Å². The molecule has 1 unspecified atom stereocenters. The standard InChI is InChI=1S/C18H22N2O2/c1-19-11-14(15-5-3-4-6-16(15)19)9-10-18(22)20(2)12-17(21)13-7-8-13/h3-6,9-11,13,17,21H,7-8,12H2,1-2H3/b10-9+. The van der Waals surface area contributed by atoms with Gasteiger partial charge in [-0.25, -0.2) is 0 Å². The minimum Gasteiger partial charge on any atom is -0.391 e. The topological polar surface area (TPSA) is 45.5 Å². The number of hydrogen-bond acceptors (Lipinski definition) is 2. The highest BCUT2D eigenvalue weighted by Gasteiger charge is 2.30. The first-order chi connectivity index (χ1) is 10.6. The second-order valence-corrected chi connectivity index (χ2v) is 6.17. The second-order valence-electron chi connectivity index (χ2n) is 6.17. The van der Waals surface area contributed by atoms with Gasteiger partial charge in [0.25, 0.3) is 0 Å². The zero-order valence-electron chi connectivity index (χ0n) is 13.1. The van der Waals surface area contributed by atoms with E-state index in [1.54, 1.807) is 18.0 Å². The number of aliphatic hydroxyl groups is 1. The van der Waals surface area contributed by atoms with Crippen LogP contribution in [0, 0.1) is 5.92 Å². The number of benzene rings is 1. The van der Waals surface area contributed by atoms with Gasteiger partial charge in [0.1, 0.15) is 0 Å². The van der Waals surface area contributed by atoms with E-state index in [0.29, 0.717) is 12.5 Å². The Bertz CT molecular complexity index is 713. The maximum atomic E-state index is 12.2. The van der Waals surface area contributed by atoms with Crippen molar-refractivity contribution in [2.45, 2.75) is 18.9 Å². The lowest BCUT2D eigenvalue weighted by Gasteiger charge is -2.19. The summed E-state index contributed by atoms with van der Waals surface area (Å²) in [7, 11) is 3.74. The lowest BCUT2D eigenvalue weighted by atomic mass is 10.1. The molecule has 0 bridgehead atoms. The van der Waals surface area contributed by atoms with Crippen LogP contribution in [-0.4, -0.2) is 40.2 Å². The molecule has 4 heteroatoms. The molecule has 1 aromatic carbocycles. The minimum absolute atomic E-state index is 0.0763. The molecule has 1 N–H and O–H groups in total. The number of amides is 1. The van der Waals surface area contributed by atoms with Crippen LogP contribution in [0.1, 0.15) is 18.4 Å². The summed E-state index contributed by atoms with van der Waals surface area (Å²) < 4.78 is 2.06. The van der Waals surface area contributed by atoms with E-state index >= 15 is 0 Å². The second kappa shape index (κ2) is 5.97. The number of nitrogens with zero attached hydrogens (tertiary/aromatic N) is 2. The van der Waals surface area contributed by atoms with Crippen LogP contribution in [0.2, 0.25) is 0 Å². The van der Waals surface area contributed by atoms with E-state index in [0.717, 1.165) is 29.3 Å². The molecular weight excluding hydrogens is 276 g/mol. The van der Waals surface area contributed by atoms with E-state index in [2.05, 4.69) is 16.7 Å². The largest absolute Gasteiger partial charge is 0.391 e. The highest BCUT2D eigenvalue weighted by Crippen LogP contribution is 2.32. The van der Waals surface area contributed by atoms with Crippen molar-refractivity contribution in [1.82, 2.24) is 9.47 Å². The summed E-state index contributed by atoms with van der Waals surface area (Å²) in [5.74, 6) is 0.310. The Morgan fingerprint density at radius 1 is 1.45 bits per heavy atom. The van der Waals surface area contributed by atoms with Crippen molar-refractivity contribution in [2.24, 2.45) is 13.0 Å². The monoisotopic (exact) mass is 298 g/mol. The molecular formula is C18H22N2O2. The van der Waals surface area contributed by atoms with Crippen LogP contribution in [0.4, 0.5) is 0 Å². The molecule has 1 aliphatic rings. The number of carbonyl (C=O) groups excluding carboxylic acids is 1. The Hall–Kier alpha value is -2.07. The number of likely N-dealkylation sites (N-methyl/N-ethyl adjacent to an activating group) is 1. The molecule has 2 aromatic rings. The van der Waals surface area contributed by atoms with E-state index in [4.69, 9.17) is 0 Å². The fourth-order valence-electron chi connectivity index (χ4n) is 2.79. The van der Waals surface area contributed by atoms with Gasteiger partial charge in [-0.2, -0.15) is 0 Å². The van der Waals surface area contributed by atoms with Gasteiger partial charge in [0.05, 0.1) is 6.10 Å². The number of hydrogen-bond donors (Lipinski definition) is 1. The van der Waals surface area contributed by atoms with Gasteiger partial charge < -0.3 is 14.6 Å². The van der Waals surface area contributed by atoms with Crippen LogP contribution in [0.5, 0.6) is 0 Å². The average molecular weight is 298 g/mol. The van der Waals surface area contributed by atoms with Crippen molar-refractivity contribution in [2.75, 3.05) is 13.6 Å². The van der Waals surface area contributed by atoms with Crippen LogP contribution < -0.4 is 0 Å². The fraction of sp³-hybridized carbons (Fsp3) is 0.389. The number of aliphatic hydroxyl groups excluding tert-OH is 1. The first-order valence-corrected chi connectivity index (χ1v) is 7.71. The van der Waals surface area contributed by atoms with Crippen LogP contribution in [0.15, 0.2) is 36.5 Å². The SMILES string of the molecule is CN(CC(O)C1CC1)C(=O)/C=C/c1cn(C)c2ccccc12. The van der Waals surface area contributed by atoms with Crippen molar-refractivity contribution in [1.29, 1.82) is 0 Å². The molecule has 1 aromatic heterocycles. The van der Waals surface area contributed by atoms with Crippen molar-refractivity contribution >= 4 is 22.9 Å². The summed E-state index contributed by atoms with van der Waals surface area (Å²) >= 11 is 0. The Morgan fingerprint density at radius 3 is 2.91 bits per heavy atom. The smallest absolute Gasteiger partial charge is 0.246 e. The molecule has 4 nitrogen and oxygen atoms in total. The molecule has 0 spiro atoms. The Balaban J connectivity index is 1.70. The number of fused-ring (bicyclic) bond motifs is 1. The van der Waals surface area contributed by atoms with Gasteiger partial charge in [0.2, 0.25) is 5.91 Å². The van der Waals surface area contributed by atoms with E-state index in [-0.39, 0.29) is 12.0 Å². The summed E-state index contributed by atoms with van der Waals surface area (Å²) in [5, 5.41) is 11.1. The lowest BCUT2D eigenvalue weighted by molar-refractivity contribution is -0.126. The maximum Gasteiger partial charge on any atom is 0.246 e. The predicted octanol–water partition coefficient (Wildman–Crippen LogP) is 2.42. The summed E-state index contributed by atoms with van der Waals surface area (Å²) in [4.78, 5) is 13.7. The third-order valence-corrected chi connectivity index (χ3v) is 4.34. The number of rotatable bonds is 5. The minimum atomic E-state index is -0.389. The van der Waals surface area contributed by atoms with Crippen LogP contribution in [-0.2, 0) is 11.8 Å². The van der Waals surface area contributed by atoms with Crippen LogP contribution in [0.3, 0.4) is 0 Å². The first-order valence-electron chi connectivity index (χ1n) is 7.71. The van der Waals surface area contributed by atoms with Gasteiger partial charge in [-0.15, -0.1) is 0 Å². The molecule has 1 saturated carbocycles. The molecule has 116 valence electrons. The van der Waals surface area contributed by atoms with Crippen LogP contribution in [0.25, 0.3) is 17.0 Å². The number of para-hydroxylation sites is 1. The van der Waals surface area contributed by atoms with E-state index < -0.39 is 0 Å². The maximum absolute atomic E-state index is 12.2. The van der Waals surface area contributed by atoms with Gasteiger partial charge >= 0.3 is 0 Å². The molecule has 3 rings (SSSR count). The third kappa shape index (κ3) is 3.07. The molecule has 0 saturated heterocycles. The van der Waals surface area contributed by atoms with Crippen molar-refractivity contribution in [3.63, 3.8) is 0 Å². The molecule has 1 aliphatic carbocycles. The number of aromatic nitrogens is 1. The highest BCUT2D eigenvalue weighted by molar-refractivity contribution is 5.96. The zero-order valence-corrected chi connectivity index (χ0v) is 13.1. The molecule has 0 radical (unpaired) electrons. The summed E-state index contributed by atoms with van der Waals surface area (Å²) in [5.41, 5.74) is 2.18. The van der Waals surface area contributed by atoms with Crippen molar-refractivity contribution in [3.8, 4) is 0 Å². The normalized spacial score (nSPS) is 16.3. The number of aryl methyl sites for hydroxylation is 1. The van der Waals surface area contributed by atoms with Gasteiger partial charge in [0.15, 0.2) is 0 Å². The Labute approximate surface area is 130 Å². The van der Waals surface area contributed by atoms with E-state index in [9.17, 15) is 9.90 Å². The third-order valence-electron chi connectivity index (χ3n) is 4.34. The Morgan fingerprint density at radius 2 is 2.18 bits per heavy atom. The molecule has 1 fully saturated rings. The summed E-state index contributed by atoms with van der Waals surface area (Å²) in [6.45, 7) is 0.406. The Kier molecular flexibility index (Phi) is 4.03. The van der Waals surface area contributed by atoms with Crippen molar-refractivity contribution < 1.29 is 9.90 Å². The lowest BCUT2D eigenvalue weighted by Crippen LogP contribution is -2.34. The molecule has 1 heterocycles. The average Bonchev–Trinajstić information content (AvgIpc) is 3.31. The van der Waals surface area contributed by atoms with E-state index in [1.165, 1.54) is 0 Å².